The SMILES string of the molecule is N#CCCO[P+](=S)OCCn1c(CO)nc2cncnc21. The van der Waals surface area contributed by atoms with E-state index in [2.05, 4.69) is 15.0 Å². The van der Waals surface area contributed by atoms with Crippen LogP contribution in [-0.4, -0.2) is 37.8 Å². The number of imidazole rings is 1. The maximum atomic E-state index is 9.33. The monoisotopic (exact) mass is 326 g/mol. The molecule has 0 spiro atoms. The van der Waals surface area contributed by atoms with Crippen molar-refractivity contribution < 1.29 is 14.2 Å². The quantitative estimate of drug-likeness (QED) is 0.566. The van der Waals surface area contributed by atoms with E-state index in [1.54, 1.807) is 10.8 Å². The van der Waals surface area contributed by atoms with Gasteiger partial charge in [-0.3, -0.25) is 0 Å². The van der Waals surface area contributed by atoms with Gasteiger partial charge < -0.3 is 9.67 Å². The molecular formula is C11H13N5O3PS+. The fourth-order valence-electron chi connectivity index (χ4n) is 1.69. The van der Waals surface area contributed by atoms with Crippen molar-refractivity contribution in [2.24, 2.45) is 0 Å². The van der Waals surface area contributed by atoms with Gasteiger partial charge >= 0.3 is 7.15 Å². The van der Waals surface area contributed by atoms with E-state index < -0.39 is 7.15 Å². The Bertz CT molecular complexity index is 671. The highest BCUT2D eigenvalue weighted by atomic mass is 32.4. The summed E-state index contributed by atoms with van der Waals surface area (Å²) in [5, 5.41) is 17.7. The normalized spacial score (nSPS) is 11.5. The van der Waals surface area contributed by atoms with Crippen LogP contribution in [0.2, 0.25) is 0 Å². The van der Waals surface area contributed by atoms with Crippen LogP contribution in [0, 0.1) is 11.3 Å². The Hall–Kier alpha value is -1.56. The lowest BCUT2D eigenvalue weighted by Crippen LogP contribution is -2.08. The first-order valence-corrected chi connectivity index (χ1v) is 8.31. The Kier molecular flexibility index (Phi) is 6.04. The van der Waals surface area contributed by atoms with Gasteiger partial charge in [-0.05, 0) is 0 Å². The molecule has 0 saturated carbocycles. The molecule has 0 bridgehead atoms. The molecule has 1 atom stereocenters. The molecule has 8 nitrogen and oxygen atoms in total. The minimum atomic E-state index is -1.43. The molecule has 1 unspecified atom stereocenters. The van der Waals surface area contributed by atoms with Crippen molar-refractivity contribution in [1.29, 1.82) is 5.26 Å². The lowest BCUT2D eigenvalue weighted by molar-refractivity contribution is 0.245. The van der Waals surface area contributed by atoms with Crippen LogP contribution in [0.3, 0.4) is 0 Å². The molecule has 0 amide bonds. The maximum Gasteiger partial charge on any atom is 0.521 e. The van der Waals surface area contributed by atoms with E-state index in [0.717, 1.165) is 0 Å². The summed E-state index contributed by atoms with van der Waals surface area (Å²) in [5.74, 6) is 0.494. The fraction of sp³-hybridized carbons (Fsp3) is 0.455. The van der Waals surface area contributed by atoms with E-state index in [-0.39, 0.29) is 19.6 Å². The molecule has 0 aliphatic carbocycles. The van der Waals surface area contributed by atoms with Crippen LogP contribution >= 0.6 is 7.15 Å². The van der Waals surface area contributed by atoms with Gasteiger partial charge in [0.05, 0.1) is 25.2 Å². The van der Waals surface area contributed by atoms with Crippen molar-refractivity contribution >= 4 is 30.1 Å². The average Bonchev–Trinajstić information content (AvgIpc) is 2.86. The van der Waals surface area contributed by atoms with Crippen molar-refractivity contribution in [3.63, 3.8) is 0 Å². The second-order valence-corrected chi connectivity index (χ2v) is 5.73. The Morgan fingerprint density at radius 1 is 1.43 bits per heavy atom. The molecule has 110 valence electrons. The number of hydrogen-bond acceptors (Lipinski definition) is 8. The van der Waals surface area contributed by atoms with E-state index in [4.69, 9.17) is 26.1 Å². The summed E-state index contributed by atoms with van der Waals surface area (Å²) in [7, 11) is -1.43. The first kappa shape index (κ1) is 15.8. The zero-order valence-electron chi connectivity index (χ0n) is 11.0. The number of aliphatic hydroxyl groups is 1. The van der Waals surface area contributed by atoms with Crippen molar-refractivity contribution in [1.82, 2.24) is 19.5 Å². The molecule has 21 heavy (non-hydrogen) atoms. The number of rotatable bonds is 8. The summed E-state index contributed by atoms with van der Waals surface area (Å²) in [6, 6.07) is 1.97. The van der Waals surface area contributed by atoms with Crippen LogP contribution in [0.15, 0.2) is 12.5 Å². The second-order valence-electron chi connectivity index (χ2n) is 3.87. The van der Waals surface area contributed by atoms with E-state index >= 15 is 0 Å². The Morgan fingerprint density at radius 2 is 2.24 bits per heavy atom. The summed E-state index contributed by atoms with van der Waals surface area (Å²) in [6.45, 7) is 0.831. The zero-order valence-corrected chi connectivity index (χ0v) is 12.8. The van der Waals surface area contributed by atoms with E-state index in [9.17, 15) is 5.11 Å². The number of nitriles is 1. The number of fused-ring (bicyclic) bond motifs is 1. The van der Waals surface area contributed by atoms with Gasteiger partial charge in [-0.2, -0.15) is 5.26 Å². The van der Waals surface area contributed by atoms with Gasteiger partial charge in [0.15, 0.2) is 5.65 Å². The smallest absolute Gasteiger partial charge is 0.388 e. The summed E-state index contributed by atoms with van der Waals surface area (Å²) in [6.07, 6.45) is 3.30. The molecule has 0 saturated heterocycles. The summed E-state index contributed by atoms with van der Waals surface area (Å²) in [5.41, 5.74) is 1.25. The van der Waals surface area contributed by atoms with Crippen LogP contribution in [0.25, 0.3) is 11.2 Å². The molecule has 2 heterocycles. The Morgan fingerprint density at radius 3 is 3.00 bits per heavy atom. The van der Waals surface area contributed by atoms with Gasteiger partial charge in [-0.25, -0.2) is 15.0 Å². The fourth-order valence-corrected chi connectivity index (χ4v) is 2.68. The average molecular weight is 326 g/mol. The molecule has 10 heteroatoms. The highest BCUT2D eigenvalue weighted by molar-refractivity contribution is 8.00. The van der Waals surface area contributed by atoms with Gasteiger partial charge in [0.1, 0.15) is 37.5 Å². The highest BCUT2D eigenvalue weighted by Gasteiger charge is 2.16. The molecule has 0 radical (unpaired) electrons. The molecule has 2 aromatic heterocycles. The Balaban J connectivity index is 1.94. The predicted molar refractivity (Wildman–Crippen MR) is 77.7 cm³/mol. The van der Waals surface area contributed by atoms with Crippen molar-refractivity contribution in [2.75, 3.05) is 13.2 Å². The molecule has 1 N–H and O–H groups in total. The molecule has 0 fully saturated rings. The third kappa shape index (κ3) is 4.20. The zero-order chi connectivity index (χ0) is 15.1. The summed E-state index contributed by atoms with van der Waals surface area (Å²) >= 11 is 5.01. The topological polar surface area (TPSA) is 106 Å². The van der Waals surface area contributed by atoms with Crippen LogP contribution in [0.1, 0.15) is 12.2 Å². The molecule has 0 aliphatic rings. The van der Waals surface area contributed by atoms with Crippen LogP contribution in [-0.2, 0) is 34.0 Å². The third-order valence-corrected chi connectivity index (χ3v) is 3.97. The minimum absolute atomic E-state index is 0.197. The predicted octanol–water partition coefficient (Wildman–Crippen LogP) is 1.04. The largest absolute Gasteiger partial charge is 0.521 e. The standard InChI is InChI=1S/C11H13N5O3PS/c12-2-1-4-18-20(21)19-5-3-16-10(7-17)15-9-6-13-8-14-11(9)16/h6,8,17H,1,3-5,7H2/q+1. The van der Waals surface area contributed by atoms with E-state index in [0.29, 0.717) is 30.1 Å². The molecule has 2 aromatic rings. The van der Waals surface area contributed by atoms with Gasteiger partial charge in [0, 0.05) is 0 Å². The third-order valence-electron chi connectivity index (χ3n) is 2.55. The van der Waals surface area contributed by atoms with Crippen LogP contribution < -0.4 is 0 Å². The van der Waals surface area contributed by atoms with E-state index in [1.807, 2.05) is 6.07 Å². The summed E-state index contributed by atoms with van der Waals surface area (Å²) in [4.78, 5) is 12.3. The first-order valence-electron chi connectivity index (χ1n) is 6.12. The van der Waals surface area contributed by atoms with Gasteiger partial charge in [0.2, 0.25) is 11.8 Å². The van der Waals surface area contributed by atoms with Crippen molar-refractivity contribution in [3.8, 4) is 6.07 Å². The van der Waals surface area contributed by atoms with Gasteiger partial charge in [-0.1, -0.05) is 0 Å². The number of aromatic nitrogens is 4. The lowest BCUT2D eigenvalue weighted by Gasteiger charge is -2.04. The van der Waals surface area contributed by atoms with E-state index in [1.165, 1.54) is 6.33 Å². The maximum absolute atomic E-state index is 9.33. The molecule has 2 rings (SSSR count). The van der Waals surface area contributed by atoms with Crippen LogP contribution in [0.4, 0.5) is 0 Å². The van der Waals surface area contributed by atoms with Crippen molar-refractivity contribution in [3.05, 3.63) is 18.3 Å². The number of hydrogen-bond donors (Lipinski definition) is 1. The van der Waals surface area contributed by atoms with Crippen LogP contribution in [0.5, 0.6) is 0 Å². The molecular weight excluding hydrogens is 313 g/mol. The number of aliphatic hydroxyl groups excluding tert-OH is 1. The lowest BCUT2D eigenvalue weighted by atomic mass is 10.5. The number of nitrogens with zero attached hydrogens (tertiary/aromatic N) is 5. The summed E-state index contributed by atoms with van der Waals surface area (Å²) < 4.78 is 12.3. The first-order chi connectivity index (χ1) is 10.3. The Labute approximate surface area is 127 Å². The van der Waals surface area contributed by atoms with Gasteiger partial charge in [-0.15, -0.1) is 9.05 Å². The van der Waals surface area contributed by atoms with Crippen molar-refractivity contribution in [2.45, 2.75) is 19.6 Å². The van der Waals surface area contributed by atoms with Gasteiger partial charge in [0.25, 0.3) is 0 Å². The molecule has 0 aliphatic heterocycles. The minimum Gasteiger partial charge on any atom is -0.388 e. The second kappa shape index (κ2) is 8.02. The highest BCUT2D eigenvalue weighted by Crippen LogP contribution is 2.24. The molecule has 0 aromatic carbocycles.